The molecule has 2 aliphatic rings. The van der Waals surface area contributed by atoms with Crippen LogP contribution in [0.2, 0.25) is 0 Å². The molecule has 1 heteroatoms. The molecule has 144 valence electrons. The van der Waals surface area contributed by atoms with Crippen LogP contribution in [0.3, 0.4) is 0 Å². The molecule has 0 bridgehead atoms. The molecule has 2 rings (SSSR count). The van der Waals surface area contributed by atoms with Gasteiger partial charge in [-0.05, 0) is 82.1 Å². The lowest BCUT2D eigenvalue weighted by molar-refractivity contribution is 0.00908. The number of rotatable bonds is 3. The van der Waals surface area contributed by atoms with Crippen LogP contribution in [0.25, 0.3) is 0 Å². The Balaban J connectivity index is 2.31. The first-order valence-corrected chi connectivity index (χ1v) is 10.9. The van der Waals surface area contributed by atoms with Crippen molar-refractivity contribution in [1.82, 2.24) is 5.32 Å². The van der Waals surface area contributed by atoms with Gasteiger partial charge in [0.05, 0.1) is 0 Å². The zero-order chi connectivity index (χ0) is 18.3. The molecule has 0 saturated heterocycles. The molecule has 0 aromatic heterocycles. The van der Waals surface area contributed by atoms with Gasteiger partial charge in [0.1, 0.15) is 0 Å². The first-order valence-electron chi connectivity index (χ1n) is 10.9. The van der Waals surface area contributed by atoms with E-state index in [-0.39, 0.29) is 0 Å². The van der Waals surface area contributed by atoms with E-state index in [1.165, 1.54) is 70.6 Å². The van der Waals surface area contributed by atoms with Crippen LogP contribution in [-0.4, -0.2) is 13.1 Å². The van der Waals surface area contributed by atoms with Gasteiger partial charge in [-0.2, -0.15) is 0 Å². The maximum absolute atomic E-state index is 4.05. The Morgan fingerprint density at radius 2 is 1.84 bits per heavy atom. The van der Waals surface area contributed by atoms with Gasteiger partial charge in [-0.25, -0.2) is 0 Å². The lowest BCUT2D eigenvalue weighted by Crippen LogP contribution is -2.41. The van der Waals surface area contributed by atoms with E-state index in [0.717, 1.165) is 12.3 Å². The molecule has 0 aliphatic heterocycles. The van der Waals surface area contributed by atoms with Crippen LogP contribution in [-0.2, 0) is 0 Å². The van der Waals surface area contributed by atoms with Crippen molar-refractivity contribution in [2.75, 3.05) is 7.05 Å². The van der Waals surface area contributed by atoms with Gasteiger partial charge in [-0.3, -0.25) is 0 Å². The highest BCUT2D eigenvalue weighted by Crippen LogP contribution is 2.55. The molecule has 0 radical (unpaired) electrons. The third-order valence-electron chi connectivity index (χ3n) is 7.76. The second-order valence-corrected chi connectivity index (χ2v) is 9.58. The van der Waals surface area contributed by atoms with Crippen LogP contribution in [0.1, 0.15) is 97.8 Å². The summed E-state index contributed by atoms with van der Waals surface area (Å²) >= 11 is 0. The summed E-state index contributed by atoms with van der Waals surface area (Å²) in [5.74, 6) is 0.725. The molecule has 2 aliphatic carbocycles. The van der Waals surface area contributed by atoms with Gasteiger partial charge in [0.15, 0.2) is 0 Å². The molecule has 25 heavy (non-hydrogen) atoms. The molecule has 0 aromatic rings. The van der Waals surface area contributed by atoms with Crippen molar-refractivity contribution in [3.05, 3.63) is 24.3 Å². The second-order valence-electron chi connectivity index (χ2n) is 9.58. The van der Waals surface area contributed by atoms with Gasteiger partial charge in [-0.1, -0.05) is 57.3 Å². The Bertz CT molecular complexity index is 447. The number of nitrogens with one attached hydrogen (secondary N) is 1. The predicted molar refractivity (Wildman–Crippen MR) is 112 cm³/mol. The van der Waals surface area contributed by atoms with Crippen LogP contribution >= 0.6 is 0 Å². The highest BCUT2D eigenvalue weighted by molar-refractivity contribution is 5.05. The van der Waals surface area contributed by atoms with Gasteiger partial charge in [0.25, 0.3) is 0 Å². The van der Waals surface area contributed by atoms with Gasteiger partial charge in [0, 0.05) is 6.04 Å². The van der Waals surface area contributed by atoms with Gasteiger partial charge < -0.3 is 5.32 Å². The van der Waals surface area contributed by atoms with Gasteiger partial charge in [-0.15, -0.1) is 6.58 Å². The van der Waals surface area contributed by atoms with Gasteiger partial charge >= 0.3 is 0 Å². The largest absolute Gasteiger partial charge is 0.316 e. The Morgan fingerprint density at radius 3 is 2.52 bits per heavy atom. The monoisotopic (exact) mass is 345 g/mol. The minimum absolute atomic E-state index is 0.473. The van der Waals surface area contributed by atoms with Crippen molar-refractivity contribution in [3.63, 3.8) is 0 Å². The maximum Gasteiger partial charge on any atom is 0.0130 e. The van der Waals surface area contributed by atoms with Crippen molar-refractivity contribution in [2.24, 2.45) is 16.7 Å². The number of hydrogen-bond donors (Lipinski definition) is 1. The molecular weight excluding hydrogens is 302 g/mol. The predicted octanol–water partition coefficient (Wildman–Crippen LogP) is 7.04. The van der Waals surface area contributed by atoms with E-state index >= 15 is 0 Å². The highest BCUT2D eigenvalue weighted by Gasteiger charge is 2.44. The molecule has 3 atom stereocenters. The highest BCUT2D eigenvalue weighted by atomic mass is 14.9. The summed E-state index contributed by atoms with van der Waals surface area (Å²) in [4.78, 5) is 0. The quantitative estimate of drug-likeness (QED) is 0.541. The Kier molecular flexibility index (Phi) is 7.80. The number of allylic oxidation sites excluding steroid dienone is 2. The summed E-state index contributed by atoms with van der Waals surface area (Å²) in [5, 5.41) is 3.62. The fourth-order valence-corrected chi connectivity index (χ4v) is 5.61. The molecule has 3 unspecified atom stereocenters. The van der Waals surface area contributed by atoms with E-state index in [2.05, 4.69) is 51.9 Å². The summed E-state index contributed by atoms with van der Waals surface area (Å²) in [6, 6.07) is 0.597. The first kappa shape index (κ1) is 20.7. The summed E-state index contributed by atoms with van der Waals surface area (Å²) < 4.78 is 0. The number of hydrogen-bond acceptors (Lipinski definition) is 1. The first-order chi connectivity index (χ1) is 11.9. The molecule has 1 fully saturated rings. The summed E-state index contributed by atoms with van der Waals surface area (Å²) in [7, 11) is 2.14. The third-order valence-corrected chi connectivity index (χ3v) is 7.76. The van der Waals surface area contributed by atoms with Crippen molar-refractivity contribution in [1.29, 1.82) is 0 Å². The van der Waals surface area contributed by atoms with E-state index in [1.807, 2.05) is 0 Å². The molecule has 1 N–H and O–H groups in total. The lowest BCUT2D eigenvalue weighted by Gasteiger charge is -2.50. The molecule has 1 spiro atoms. The van der Waals surface area contributed by atoms with E-state index < -0.39 is 0 Å². The Hall–Kier alpha value is -0.560. The van der Waals surface area contributed by atoms with Crippen LogP contribution in [0.4, 0.5) is 0 Å². The zero-order valence-corrected chi connectivity index (χ0v) is 17.5. The zero-order valence-electron chi connectivity index (χ0n) is 17.5. The molecular formula is C24H43N. The fraction of sp³-hybridized carbons (Fsp3) is 0.833. The van der Waals surface area contributed by atoms with Gasteiger partial charge in [0.2, 0.25) is 0 Å². The van der Waals surface area contributed by atoms with Crippen molar-refractivity contribution < 1.29 is 0 Å². The molecule has 0 aromatic carbocycles. The lowest BCUT2D eigenvalue weighted by atomic mass is 9.55. The van der Waals surface area contributed by atoms with E-state index in [4.69, 9.17) is 0 Å². The second kappa shape index (κ2) is 9.40. The Morgan fingerprint density at radius 1 is 1.12 bits per heavy atom. The topological polar surface area (TPSA) is 12.0 Å². The Labute approximate surface area is 157 Å². The minimum Gasteiger partial charge on any atom is -0.316 e. The summed E-state index contributed by atoms with van der Waals surface area (Å²) in [6.45, 7) is 11.6. The molecule has 0 heterocycles. The normalized spacial score (nSPS) is 36.7. The SMILES string of the molecule is C=CCC1CCC2(CCCCCCC2(C)C)CC/C(C)=C/CC1NC. The smallest absolute Gasteiger partial charge is 0.0130 e. The van der Waals surface area contributed by atoms with Crippen LogP contribution in [0.5, 0.6) is 0 Å². The van der Waals surface area contributed by atoms with Crippen molar-refractivity contribution in [2.45, 2.75) is 104 Å². The van der Waals surface area contributed by atoms with Crippen LogP contribution in [0.15, 0.2) is 24.3 Å². The molecule has 1 saturated carbocycles. The average molecular weight is 346 g/mol. The summed E-state index contributed by atoms with van der Waals surface area (Å²) in [6.07, 6.45) is 21.1. The van der Waals surface area contributed by atoms with E-state index in [0.29, 0.717) is 16.9 Å². The van der Waals surface area contributed by atoms with E-state index in [9.17, 15) is 0 Å². The van der Waals surface area contributed by atoms with Crippen molar-refractivity contribution in [3.8, 4) is 0 Å². The minimum atomic E-state index is 0.473. The average Bonchev–Trinajstić information content (AvgIpc) is 2.57. The molecule has 1 nitrogen and oxygen atoms in total. The van der Waals surface area contributed by atoms with E-state index in [1.54, 1.807) is 5.57 Å². The molecule has 0 amide bonds. The van der Waals surface area contributed by atoms with Crippen LogP contribution in [0, 0.1) is 16.7 Å². The van der Waals surface area contributed by atoms with Crippen molar-refractivity contribution >= 4 is 0 Å². The fourth-order valence-electron chi connectivity index (χ4n) is 5.61. The maximum atomic E-state index is 4.05. The van der Waals surface area contributed by atoms with Crippen LogP contribution < -0.4 is 5.32 Å². The third kappa shape index (κ3) is 5.22. The standard InChI is InChI=1S/C24H43N/c1-6-11-21-15-19-24(17-10-8-7-9-16-23(24,3)4)18-14-20(2)12-13-22(21)25-5/h6,12,21-22,25H,1,7-11,13-19H2,2-5H3/b20-12+. The summed E-state index contributed by atoms with van der Waals surface area (Å²) in [5.41, 5.74) is 2.61.